The fourth-order valence-electron chi connectivity index (χ4n) is 0.874. The summed E-state index contributed by atoms with van der Waals surface area (Å²) in [7, 11) is 1.14. The van der Waals surface area contributed by atoms with Gasteiger partial charge in [0, 0.05) is 5.75 Å². The van der Waals surface area contributed by atoms with Crippen LogP contribution in [0.15, 0.2) is 21.7 Å². The van der Waals surface area contributed by atoms with Gasteiger partial charge in [0.2, 0.25) is 0 Å². The molecule has 0 aliphatic carbocycles. The third-order valence-electron chi connectivity index (χ3n) is 1.48. The summed E-state index contributed by atoms with van der Waals surface area (Å²) >= 11 is 1.57. The van der Waals surface area contributed by atoms with Gasteiger partial charge >= 0.3 is 0 Å². The molecule has 4 heteroatoms. The molecule has 1 unspecified atom stereocenters. The Balaban J connectivity index is 2.30. The van der Waals surface area contributed by atoms with Crippen LogP contribution >= 0.6 is 11.3 Å². The average molecular weight is 203 g/mol. The summed E-state index contributed by atoms with van der Waals surface area (Å²) in [6.07, 6.45) is 0.973. The van der Waals surface area contributed by atoms with Crippen LogP contribution in [0, 0.1) is 0 Å². The van der Waals surface area contributed by atoms with Gasteiger partial charge in [0.15, 0.2) is 0 Å². The van der Waals surface area contributed by atoms with E-state index in [2.05, 4.69) is 5.32 Å². The molecule has 0 aliphatic rings. The van der Waals surface area contributed by atoms with Crippen molar-refractivity contribution in [2.75, 3.05) is 19.3 Å². The Morgan fingerprint density at radius 1 is 1.67 bits per heavy atom. The molecule has 68 valence electrons. The molecule has 0 bridgehead atoms. The number of hydrogen-bond acceptors (Lipinski definition) is 3. The van der Waals surface area contributed by atoms with Gasteiger partial charge in [-0.3, -0.25) is 4.21 Å². The first kappa shape index (κ1) is 9.89. The molecule has 0 aliphatic heterocycles. The molecule has 0 spiro atoms. The van der Waals surface area contributed by atoms with Gasteiger partial charge in [0.25, 0.3) is 0 Å². The Labute approximate surface area is 79.5 Å². The van der Waals surface area contributed by atoms with Crippen LogP contribution < -0.4 is 5.32 Å². The minimum atomic E-state index is -0.775. The first-order valence-electron chi connectivity index (χ1n) is 3.91. The third-order valence-corrected chi connectivity index (χ3v) is 4.23. The lowest BCUT2D eigenvalue weighted by molar-refractivity contribution is 0.678. The number of hydrogen-bond donors (Lipinski definition) is 1. The molecule has 1 N–H and O–H groups in total. The van der Waals surface area contributed by atoms with Gasteiger partial charge in [-0.05, 0) is 31.5 Å². The lowest BCUT2D eigenvalue weighted by Gasteiger charge is -1.98. The molecule has 0 fully saturated rings. The third kappa shape index (κ3) is 3.05. The van der Waals surface area contributed by atoms with Crippen LogP contribution in [0.25, 0.3) is 0 Å². The lowest BCUT2D eigenvalue weighted by Crippen LogP contribution is -2.10. The fourth-order valence-corrected chi connectivity index (χ4v) is 3.01. The molecule has 1 rings (SSSR count). The second-order valence-corrected chi connectivity index (χ2v) is 5.18. The van der Waals surface area contributed by atoms with Crippen LogP contribution in [0.4, 0.5) is 0 Å². The first-order chi connectivity index (χ1) is 5.84. The Bertz CT molecular complexity index is 233. The molecule has 0 aromatic carbocycles. The quantitative estimate of drug-likeness (QED) is 0.734. The minimum Gasteiger partial charge on any atom is -0.320 e. The van der Waals surface area contributed by atoms with Gasteiger partial charge in [-0.2, -0.15) is 0 Å². The Hall–Kier alpha value is -0.190. The molecule has 1 aromatic rings. The van der Waals surface area contributed by atoms with E-state index >= 15 is 0 Å². The molecule has 0 saturated heterocycles. The standard InChI is InChI=1S/C8H13NOS2/c1-9-5-3-7-12(10)8-4-2-6-11-8/h2,4,6,9H,3,5,7H2,1H3. The molecular formula is C8H13NOS2. The van der Waals surface area contributed by atoms with Crippen LogP contribution in [0.3, 0.4) is 0 Å². The number of thiophene rings is 1. The molecule has 1 aromatic heterocycles. The largest absolute Gasteiger partial charge is 0.320 e. The summed E-state index contributed by atoms with van der Waals surface area (Å²) in [5.41, 5.74) is 0. The molecule has 0 radical (unpaired) electrons. The van der Waals surface area contributed by atoms with Crippen molar-refractivity contribution < 1.29 is 4.21 Å². The zero-order valence-corrected chi connectivity index (χ0v) is 8.71. The van der Waals surface area contributed by atoms with Gasteiger partial charge in [-0.15, -0.1) is 11.3 Å². The van der Waals surface area contributed by atoms with Gasteiger partial charge in [0.1, 0.15) is 0 Å². The van der Waals surface area contributed by atoms with Crippen molar-refractivity contribution >= 4 is 22.1 Å². The smallest absolute Gasteiger partial charge is 0.0910 e. The van der Waals surface area contributed by atoms with Crippen molar-refractivity contribution in [3.05, 3.63) is 17.5 Å². The maximum Gasteiger partial charge on any atom is 0.0910 e. The van der Waals surface area contributed by atoms with Gasteiger partial charge < -0.3 is 5.32 Å². The number of rotatable bonds is 5. The van der Waals surface area contributed by atoms with Crippen molar-refractivity contribution in [3.8, 4) is 0 Å². The highest BCUT2D eigenvalue weighted by Crippen LogP contribution is 2.13. The Morgan fingerprint density at radius 3 is 3.08 bits per heavy atom. The monoisotopic (exact) mass is 203 g/mol. The summed E-state index contributed by atoms with van der Waals surface area (Å²) in [6.45, 7) is 0.942. The number of nitrogens with one attached hydrogen (secondary N) is 1. The van der Waals surface area contributed by atoms with Crippen molar-refractivity contribution in [2.45, 2.75) is 10.6 Å². The summed E-state index contributed by atoms with van der Waals surface area (Å²) < 4.78 is 12.5. The van der Waals surface area contributed by atoms with Crippen LogP contribution in [-0.4, -0.2) is 23.6 Å². The molecule has 1 heterocycles. The van der Waals surface area contributed by atoms with Crippen LogP contribution in [0.5, 0.6) is 0 Å². The summed E-state index contributed by atoms with van der Waals surface area (Å²) in [5.74, 6) is 0.765. The molecule has 12 heavy (non-hydrogen) atoms. The van der Waals surface area contributed by atoms with E-state index in [4.69, 9.17) is 0 Å². The fraction of sp³-hybridized carbons (Fsp3) is 0.500. The average Bonchev–Trinajstić information content (AvgIpc) is 2.56. The van der Waals surface area contributed by atoms with E-state index in [1.54, 1.807) is 11.3 Å². The van der Waals surface area contributed by atoms with E-state index in [0.29, 0.717) is 0 Å². The van der Waals surface area contributed by atoms with Crippen LogP contribution in [0.1, 0.15) is 6.42 Å². The van der Waals surface area contributed by atoms with Gasteiger partial charge in [0.05, 0.1) is 15.0 Å². The molecule has 1 atom stereocenters. The van der Waals surface area contributed by atoms with Crippen LogP contribution in [-0.2, 0) is 10.8 Å². The zero-order chi connectivity index (χ0) is 8.81. The van der Waals surface area contributed by atoms with E-state index in [1.165, 1.54) is 0 Å². The predicted octanol–water partition coefficient (Wildman–Crippen LogP) is 1.47. The first-order valence-corrected chi connectivity index (χ1v) is 6.11. The van der Waals surface area contributed by atoms with Crippen molar-refractivity contribution in [3.63, 3.8) is 0 Å². The van der Waals surface area contributed by atoms with E-state index in [0.717, 1.165) is 22.9 Å². The predicted molar refractivity (Wildman–Crippen MR) is 54.1 cm³/mol. The highest BCUT2D eigenvalue weighted by molar-refractivity contribution is 7.87. The van der Waals surface area contributed by atoms with E-state index in [9.17, 15) is 4.21 Å². The summed E-state index contributed by atoms with van der Waals surface area (Å²) in [6, 6.07) is 3.87. The van der Waals surface area contributed by atoms with Crippen molar-refractivity contribution in [2.24, 2.45) is 0 Å². The topological polar surface area (TPSA) is 29.1 Å². The van der Waals surface area contributed by atoms with Crippen molar-refractivity contribution in [1.82, 2.24) is 5.32 Å². The van der Waals surface area contributed by atoms with Crippen LogP contribution in [0.2, 0.25) is 0 Å². The highest BCUT2D eigenvalue weighted by Gasteiger charge is 2.02. The molecule has 0 amide bonds. The highest BCUT2D eigenvalue weighted by atomic mass is 32.2. The molecule has 2 nitrogen and oxygen atoms in total. The molecule has 0 saturated carbocycles. The Morgan fingerprint density at radius 2 is 2.50 bits per heavy atom. The van der Waals surface area contributed by atoms with Gasteiger partial charge in [-0.1, -0.05) is 6.07 Å². The maximum absolute atomic E-state index is 11.5. The summed E-state index contributed by atoms with van der Waals surface area (Å²) in [5, 5.41) is 5.00. The van der Waals surface area contributed by atoms with Gasteiger partial charge in [-0.25, -0.2) is 0 Å². The summed E-state index contributed by atoms with van der Waals surface area (Å²) in [4.78, 5) is 0. The van der Waals surface area contributed by atoms with E-state index in [-0.39, 0.29) is 0 Å². The lowest BCUT2D eigenvalue weighted by atomic mass is 10.5. The van der Waals surface area contributed by atoms with E-state index < -0.39 is 10.8 Å². The molecular weight excluding hydrogens is 190 g/mol. The maximum atomic E-state index is 11.5. The van der Waals surface area contributed by atoms with E-state index in [1.807, 2.05) is 24.6 Å². The zero-order valence-electron chi connectivity index (χ0n) is 7.08. The minimum absolute atomic E-state index is 0.765. The van der Waals surface area contributed by atoms with Crippen molar-refractivity contribution in [1.29, 1.82) is 0 Å². The Kier molecular flexibility index (Phi) is 4.50. The second-order valence-electron chi connectivity index (χ2n) is 2.44. The second kappa shape index (κ2) is 5.45. The SMILES string of the molecule is CNCCCS(=O)c1cccs1. The normalized spacial score (nSPS) is 13.1.